The number of carbonyl (C=O) groups excluding carboxylic acids is 1. The first-order valence-electron chi connectivity index (χ1n) is 9.33. The summed E-state index contributed by atoms with van der Waals surface area (Å²) in [6.07, 6.45) is 2.38. The van der Waals surface area contributed by atoms with Crippen LogP contribution in [-0.2, 0) is 9.53 Å². The Morgan fingerprint density at radius 3 is 2.96 bits per heavy atom. The summed E-state index contributed by atoms with van der Waals surface area (Å²) in [6, 6.07) is 10.3. The van der Waals surface area contributed by atoms with Crippen molar-refractivity contribution < 1.29 is 13.9 Å². The largest absolute Gasteiger partial charge is 0.384 e. The summed E-state index contributed by atoms with van der Waals surface area (Å²) in [6.45, 7) is 3.87. The number of nitrogens with one attached hydrogen (secondary N) is 1. The van der Waals surface area contributed by atoms with E-state index in [0.717, 1.165) is 36.5 Å². The fraction of sp³-hybridized carbons (Fsp3) is 0.429. The van der Waals surface area contributed by atoms with E-state index in [1.54, 1.807) is 13.2 Å². The van der Waals surface area contributed by atoms with Crippen molar-refractivity contribution in [1.82, 2.24) is 9.88 Å². The van der Waals surface area contributed by atoms with Crippen LogP contribution >= 0.6 is 0 Å². The number of halogens is 1. The molecule has 1 amide bonds. The smallest absolute Gasteiger partial charge is 0.224 e. The van der Waals surface area contributed by atoms with E-state index in [-0.39, 0.29) is 17.6 Å². The molecule has 0 bridgehead atoms. The minimum Gasteiger partial charge on any atom is -0.384 e. The van der Waals surface area contributed by atoms with Gasteiger partial charge in [0.25, 0.3) is 0 Å². The molecular weight excluding hydrogens is 345 g/mol. The monoisotopic (exact) mass is 371 g/mol. The second-order valence-electron chi connectivity index (χ2n) is 6.98. The molecule has 0 spiro atoms. The number of nitrogens with zero attached hydrogens (tertiary/aromatic N) is 2. The first kappa shape index (κ1) is 19.3. The van der Waals surface area contributed by atoms with Gasteiger partial charge in [-0.25, -0.2) is 4.39 Å². The van der Waals surface area contributed by atoms with Gasteiger partial charge in [0, 0.05) is 48.9 Å². The van der Waals surface area contributed by atoms with Crippen molar-refractivity contribution in [2.75, 3.05) is 32.1 Å². The number of pyridine rings is 1. The van der Waals surface area contributed by atoms with E-state index < -0.39 is 0 Å². The number of amides is 1. The topological polar surface area (TPSA) is 54.5 Å². The molecular formula is C21H26FN3O2. The molecule has 5 nitrogen and oxygen atoms in total. The first-order valence-corrected chi connectivity index (χ1v) is 9.33. The van der Waals surface area contributed by atoms with Crippen molar-refractivity contribution in [3.05, 3.63) is 53.6 Å². The second kappa shape index (κ2) is 8.95. The quantitative estimate of drug-likeness (QED) is 0.833. The van der Waals surface area contributed by atoms with Gasteiger partial charge in [0.05, 0.1) is 13.0 Å². The summed E-state index contributed by atoms with van der Waals surface area (Å²) in [4.78, 5) is 18.9. The molecule has 1 fully saturated rings. The molecule has 0 radical (unpaired) electrons. The van der Waals surface area contributed by atoms with E-state index in [4.69, 9.17) is 9.72 Å². The number of rotatable bonds is 6. The van der Waals surface area contributed by atoms with Crippen LogP contribution in [0.4, 0.5) is 15.8 Å². The summed E-state index contributed by atoms with van der Waals surface area (Å²) < 4.78 is 18.4. The van der Waals surface area contributed by atoms with E-state index >= 15 is 0 Å². The van der Waals surface area contributed by atoms with Gasteiger partial charge in [0.1, 0.15) is 5.82 Å². The van der Waals surface area contributed by atoms with Gasteiger partial charge in [-0.3, -0.25) is 9.78 Å². The molecule has 0 saturated carbocycles. The van der Waals surface area contributed by atoms with Gasteiger partial charge >= 0.3 is 0 Å². The summed E-state index contributed by atoms with van der Waals surface area (Å²) in [5, 5.41) is 3.25. The van der Waals surface area contributed by atoms with Crippen LogP contribution in [0.25, 0.3) is 0 Å². The number of anilines is 2. The Hall–Kier alpha value is -2.47. The Bertz CT molecular complexity index is 797. The molecule has 1 aromatic carbocycles. The van der Waals surface area contributed by atoms with E-state index in [2.05, 4.69) is 5.32 Å². The lowest BCUT2D eigenvalue weighted by Gasteiger charge is -2.33. The van der Waals surface area contributed by atoms with Crippen LogP contribution in [0, 0.1) is 12.7 Å². The summed E-state index contributed by atoms with van der Waals surface area (Å²) in [7, 11) is 1.61. The molecule has 1 aliphatic heterocycles. The number of hydrogen-bond acceptors (Lipinski definition) is 4. The second-order valence-corrected chi connectivity index (χ2v) is 6.98. The van der Waals surface area contributed by atoms with E-state index in [1.807, 2.05) is 30.0 Å². The lowest BCUT2D eigenvalue weighted by atomic mass is 9.93. The van der Waals surface area contributed by atoms with E-state index in [9.17, 15) is 9.18 Å². The zero-order chi connectivity index (χ0) is 19.2. The Morgan fingerprint density at radius 2 is 2.19 bits per heavy atom. The molecule has 1 atom stereocenters. The third-order valence-electron chi connectivity index (χ3n) is 4.80. The highest BCUT2D eigenvalue weighted by molar-refractivity contribution is 5.76. The standard InChI is InChI=1S/C21H26FN3O2/c1-15-11-19(24-18-7-3-6-17(22)12-18)13-20(23-15)16-5-4-9-25(14-16)21(26)8-10-27-2/h3,6-7,11-13,16H,4-5,8-10,14H2,1-2H3,(H,23,24)/t16-/m0/s1. The zero-order valence-corrected chi connectivity index (χ0v) is 15.9. The lowest BCUT2D eigenvalue weighted by Crippen LogP contribution is -2.39. The Balaban J connectivity index is 1.74. The predicted octanol–water partition coefficient (Wildman–Crippen LogP) is 4.02. The highest BCUT2D eigenvalue weighted by Gasteiger charge is 2.25. The molecule has 2 aromatic rings. The van der Waals surface area contributed by atoms with Crippen LogP contribution in [0.15, 0.2) is 36.4 Å². The van der Waals surface area contributed by atoms with Crippen molar-refractivity contribution in [1.29, 1.82) is 0 Å². The molecule has 1 N–H and O–H groups in total. The average molecular weight is 371 g/mol. The van der Waals surface area contributed by atoms with E-state index in [1.165, 1.54) is 12.1 Å². The molecule has 144 valence electrons. The van der Waals surface area contributed by atoms with Crippen LogP contribution in [0.5, 0.6) is 0 Å². The minimum absolute atomic E-state index is 0.132. The molecule has 27 heavy (non-hydrogen) atoms. The maximum atomic E-state index is 13.4. The average Bonchev–Trinajstić information content (AvgIpc) is 2.66. The normalized spacial score (nSPS) is 17.0. The van der Waals surface area contributed by atoms with Gasteiger partial charge in [-0.05, 0) is 50.1 Å². The number of piperidine rings is 1. The van der Waals surface area contributed by atoms with Gasteiger partial charge in [-0.1, -0.05) is 6.07 Å². The van der Waals surface area contributed by atoms with Crippen LogP contribution in [0.1, 0.15) is 36.6 Å². The molecule has 3 rings (SSSR count). The zero-order valence-electron chi connectivity index (χ0n) is 15.9. The fourth-order valence-electron chi connectivity index (χ4n) is 3.50. The van der Waals surface area contributed by atoms with Crippen molar-refractivity contribution in [2.24, 2.45) is 0 Å². The van der Waals surface area contributed by atoms with Gasteiger partial charge in [-0.15, -0.1) is 0 Å². The third-order valence-corrected chi connectivity index (χ3v) is 4.80. The number of hydrogen-bond donors (Lipinski definition) is 1. The van der Waals surface area contributed by atoms with Gasteiger partial charge in [0.15, 0.2) is 0 Å². The van der Waals surface area contributed by atoms with Crippen molar-refractivity contribution in [3.8, 4) is 0 Å². The third kappa shape index (κ3) is 5.26. The molecule has 1 aliphatic rings. The number of ether oxygens (including phenoxy) is 1. The summed E-state index contributed by atoms with van der Waals surface area (Å²) in [5.41, 5.74) is 3.45. The molecule has 0 aliphatic carbocycles. The van der Waals surface area contributed by atoms with Crippen LogP contribution in [0.2, 0.25) is 0 Å². The summed E-state index contributed by atoms with van der Waals surface area (Å²) in [5.74, 6) is 0.0639. The molecule has 0 unspecified atom stereocenters. The maximum Gasteiger partial charge on any atom is 0.224 e. The SMILES string of the molecule is COCCC(=O)N1CCC[C@H](c2cc(Nc3cccc(F)c3)cc(C)n2)C1. The Kier molecular flexibility index (Phi) is 6.40. The summed E-state index contributed by atoms with van der Waals surface area (Å²) >= 11 is 0. The van der Waals surface area contributed by atoms with Crippen molar-refractivity contribution in [3.63, 3.8) is 0 Å². The van der Waals surface area contributed by atoms with Gasteiger partial charge in [-0.2, -0.15) is 0 Å². The Morgan fingerprint density at radius 1 is 1.33 bits per heavy atom. The number of carbonyl (C=O) groups is 1. The van der Waals surface area contributed by atoms with Gasteiger partial charge < -0.3 is 15.0 Å². The van der Waals surface area contributed by atoms with Crippen LogP contribution in [0.3, 0.4) is 0 Å². The molecule has 2 heterocycles. The minimum atomic E-state index is -0.275. The Labute approximate surface area is 159 Å². The maximum absolute atomic E-state index is 13.4. The lowest BCUT2D eigenvalue weighted by molar-refractivity contribution is -0.133. The van der Waals surface area contributed by atoms with Crippen LogP contribution < -0.4 is 5.32 Å². The number of aryl methyl sites for hydroxylation is 1. The predicted molar refractivity (Wildman–Crippen MR) is 104 cm³/mol. The van der Waals surface area contributed by atoms with Crippen molar-refractivity contribution >= 4 is 17.3 Å². The van der Waals surface area contributed by atoms with E-state index in [0.29, 0.717) is 25.3 Å². The highest BCUT2D eigenvalue weighted by Crippen LogP contribution is 2.29. The number of methoxy groups -OCH3 is 1. The number of aromatic nitrogens is 1. The number of benzene rings is 1. The highest BCUT2D eigenvalue weighted by atomic mass is 19.1. The fourth-order valence-corrected chi connectivity index (χ4v) is 3.50. The first-order chi connectivity index (χ1) is 13.0. The molecule has 6 heteroatoms. The molecule has 1 saturated heterocycles. The number of likely N-dealkylation sites (tertiary alicyclic amines) is 1. The van der Waals surface area contributed by atoms with Gasteiger partial charge in [0.2, 0.25) is 5.91 Å². The molecule has 1 aromatic heterocycles. The van der Waals surface area contributed by atoms with Crippen molar-refractivity contribution in [2.45, 2.75) is 32.1 Å². The van der Waals surface area contributed by atoms with Crippen LogP contribution in [-0.4, -0.2) is 42.6 Å².